The van der Waals surface area contributed by atoms with Crippen LogP contribution >= 0.6 is 0 Å². The number of rotatable bonds is 2. The van der Waals surface area contributed by atoms with Crippen LogP contribution in [0.4, 0.5) is 14.6 Å². The highest BCUT2D eigenvalue weighted by molar-refractivity contribution is 5.78. The molecule has 0 radical (unpaired) electrons. The van der Waals surface area contributed by atoms with Gasteiger partial charge in [-0.1, -0.05) is 12.0 Å². The van der Waals surface area contributed by atoms with E-state index >= 15 is 0 Å². The van der Waals surface area contributed by atoms with Crippen LogP contribution in [0.1, 0.15) is 36.7 Å². The molecule has 2 saturated heterocycles. The Morgan fingerprint density at radius 1 is 1.27 bits per heavy atom. The van der Waals surface area contributed by atoms with Crippen molar-refractivity contribution in [3.8, 4) is 11.8 Å². The highest BCUT2D eigenvalue weighted by atomic mass is 19.2. The van der Waals surface area contributed by atoms with Crippen molar-refractivity contribution in [2.24, 2.45) is 11.1 Å². The van der Waals surface area contributed by atoms with E-state index in [2.05, 4.69) is 36.9 Å². The molecule has 2 aliphatic rings. The number of aliphatic hydroxyl groups excluding tert-OH is 1. The molecule has 0 bridgehead atoms. The van der Waals surface area contributed by atoms with Crippen LogP contribution in [-0.4, -0.2) is 57.1 Å². The summed E-state index contributed by atoms with van der Waals surface area (Å²) < 4.78 is 33.1. The van der Waals surface area contributed by atoms with Gasteiger partial charge in [-0.15, -0.1) is 0 Å². The zero-order valence-electron chi connectivity index (χ0n) is 18.1. The van der Waals surface area contributed by atoms with Gasteiger partial charge in [0.25, 0.3) is 0 Å². The molecule has 1 aromatic carbocycles. The summed E-state index contributed by atoms with van der Waals surface area (Å²) in [5.41, 5.74) is 7.71. The number of hydrogen-bond acceptors (Lipinski definition) is 7. The summed E-state index contributed by atoms with van der Waals surface area (Å²) in [6, 6.07) is 3.80. The highest BCUT2D eigenvalue weighted by Crippen LogP contribution is 2.42. The van der Waals surface area contributed by atoms with Crippen LogP contribution in [-0.2, 0) is 11.3 Å². The molecule has 2 aromatic heterocycles. The molecular weight excluding hydrogens is 430 g/mol. The largest absolute Gasteiger partial charge is 0.390 e. The van der Waals surface area contributed by atoms with Gasteiger partial charge < -0.3 is 20.5 Å². The first-order valence-electron chi connectivity index (χ1n) is 10.9. The fourth-order valence-corrected chi connectivity index (χ4v) is 4.68. The summed E-state index contributed by atoms with van der Waals surface area (Å²) in [5, 5.41) is 16.9. The third-order valence-corrected chi connectivity index (χ3v) is 6.77. The number of aliphatic hydroxyl groups is 1. The second-order valence-electron chi connectivity index (χ2n) is 8.66. The normalized spacial score (nSPS) is 22.0. The van der Waals surface area contributed by atoms with Crippen molar-refractivity contribution in [1.29, 1.82) is 0 Å². The van der Waals surface area contributed by atoms with Crippen molar-refractivity contribution in [2.75, 3.05) is 24.6 Å². The number of nitrogens with two attached hydrogens (primary N) is 1. The molecule has 8 nitrogen and oxygen atoms in total. The summed E-state index contributed by atoms with van der Waals surface area (Å²) >= 11 is 0. The van der Waals surface area contributed by atoms with Gasteiger partial charge in [-0.05, 0) is 37.8 Å². The lowest BCUT2D eigenvalue weighted by atomic mass is 9.73. The molecule has 2 atom stereocenters. The molecule has 2 fully saturated rings. The molecule has 10 heteroatoms. The predicted octanol–water partition coefficient (Wildman–Crippen LogP) is 1.86. The molecule has 0 unspecified atom stereocenters. The number of ether oxygens (including phenoxy) is 1. The monoisotopic (exact) mass is 454 g/mol. The van der Waals surface area contributed by atoms with Crippen molar-refractivity contribution in [3.63, 3.8) is 0 Å². The lowest BCUT2D eigenvalue weighted by Crippen LogP contribution is -2.51. The van der Waals surface area contributed by atoms with Crippen molar-refractivity contribution < 1.29 is 18.6 Å². The van der Waals surface area contributed by atoms with Gasteiger partial charge in [-0.3, -0.25) is 5.10 Å². The number of benzene rings is 1. The third kappa shape index (κ3) is 3.72. The summed E-state index contributed by atoms with van der Waals surface area (Å²) in [4.78, 5) is 11.3. The first-order valence-corrected chi connectivity index (χ1v) is 10.9. The average molecular weight is 454 g/mol. The minimum atomic E-state index is -1.01. The first kappa shape index (κ1) is 21.7. The van der Waals surface area contributed by atoms with Crippen LogP contribution in [0.2, 0.25) is 0 Å². The van der Waals surface area contributed by atoms with Gasteiger partial charge in [-0.2, -0.15) is 5.10 Å². The number of nitrogens with zero attached hydrogens (tertiary/aromatic N) is 4. The van der Waals surface area contributed by atoms with Crippen molar-refractivity contribution in [1.82, 2.24) is 20.2 Å². The molecule has 1 spiro atoms. The lowest BCUT2D eigenvalue weighted by Gasteiger charge is -2.41. The number of aromatic amines is 1. The topological polar surface area (TPSA) is 113 Å². The van der Waals surface area contributed by atoms with Crippen LogP contribution in [0.3, 0.4) is 0 Å². The molecule has 4 heterocycles. The number of piperidine rings is 1. The van der Waals surface area contributed by atoms with Gasteiger partial charge in [0.1, 0.15) is 11.2 Å². The van der Waals surface area contributed by atoms with Gasteiger partial charge in [-0.25, -0.2) is 18.7 Å². The van der Waals surface area contributed by atoms with Crippen LogP contribution < -0.4 is 10.6 Å². The minimum absolute atomic E-state index is 0.00203. The van der Waals surface area contributed by atoms with Crippen LogP contribution in [0.5, 0.6) is 0 Å². The van der Waals surface area contributed by atoms with E-state index in [4.69, 9.17) is 10.5 Å². The Kier molecular flexibility index (Phi) is 5.48. The predicted molar refractivity (Wildman–Crippen MR) is 117 cm³/mol. The van der Waals surface area contributed by atoms with Crippen LogP contribution in [0.25, 0.3) is 11.2 Å². The minimum Gasteiger partial charge on any atom is -0.390 e. The SMILES string of the molecule is C[C@@H]1OCC2(CCN(c3nc4[nH]nc(C#Cc5cccc(F)c5F)c4nc3CO)CC2)[C@@H]1N. The van der Waals surface area contributed by atoms with Crippen molar-refractivity contribution >= 4 is 17.0 Å². The van der Waals surface area contributed by atoms with Crippen LogP contribution in [0.15, 0.2) is 18.2 Å². The summed E-state index contributed by atoms with van der Waals surface area (Å²) in [7, 11) is 0. The number of nitrogens with one attached hydrogen (secondary N) is 1. The maximum atomic E-state index is 13.9. The van der Waals surface area contributed by atoms with Gasteiger partial charge in [0.15, 0.2) is 28.8 Å². The molecule has 0 saturated carbocycles. The Bertz CT molecular complexity index is 1260. The molecule has 172 valence electrons. The fourth-order valence-electron chi connectivity index (χ4n) is 4.68. The quantitative estimate of drug-likeness (QED) is 0.507. The zero-order chi connectivity index (χ0) is 23.2. The maximum Gasteiger partial charge on any atom is 0.177 e. The summed E-state index contributed by atoms with van der Waals surface area (Å²) in [5.74, 6) is 3.91. The standard InChI is InChI=1S/C23H24F2N6O2/c1-13-20(26)23(12-33-13)7-9-31(10-8-23)22-17(11-32)27-19-16(29-30-21(19)28-22)6-5-14-3-2-4-15(24)18(14)25/h2-4,13,20,32H,7-12,26H2,1H3,(H,28,29,30)/t13-,20+/m0/s1. The molecule has 5 rings (SSSR count). The van der Waals surface area contributed by atoms with Gasteiger partial charge in [0.05, 0.1) is 24.9 Å². The first-order chi connectivity index (χ1) is 15.9. The number of aromatic nitrogens is 4. The summed E-state index contributed by atoms with van der Waals surface area (Å²) in [6.45, 7) is 3.80. The molecule has 33 heavy (non-hydrogen) atoms. The highest BCUT2D eigenvalue weighted by Gasteiger charge is 2.47. The number of H-pyrrole nitrogens is 1. The summed E-state index contributed by atoms with van der Waals surface area (Å²) in [6.07, 6.45) is 1.77. The van der Waals surface area contributed by atoms with Crippen molar-refractivity contribution in [3.05, 3.63) is 46.8 Å². The Balaban J connectivity index is 1.42. The zero-order valence-corrected chi connectivity index (χ0v) is 18.1. The Morgan fingerprint density at radius 3 is 2.76 bits per heavy atom. The number of fused-ring (bicyclic) bond motifs is 1. The van der Waals surface area contributed by atoms with E-state index in [0.717, 1.165) is 32.0 Å². The molecular formula is C23H24F2N6O2. The van der Waals surface area contributed by atoms with E-state index in [0.29, 0.717) is 29.3 Å². The maximum absolute atomic E-state index is 13.9. The van der Waals surface area contributed by atoms with E-state index in [9.17, 15) is 13.9 Å². The van der Waals surface area contributed by atoms with Crippen molar-refractivity contribution in [2.45, 2.75) is 38.5 Å². The lowest BCUT2D eigenvalue weighted by molar-refractivity contribution is 0.0973. The molecule has 4 N–H and O–H groups in total. The molecule has 0 aliphatic carbocycles. The number of anilines is 1. The van der Waals surface area contributed by atoms with Gasteiger partial charge >= 0.3 is 0 Å². The van der Waals surface area contributed by atoms with E-state index in [-0.39, 0.29) is 35.4 Å². The van der Waals surface area contributed by atoms with E-state index in [1.54, 1.807) is 0 Å². The second kappa shape index (κ2) is 8.33. The number of hydrogen-bond donors (Lipinski definition) is 3. The number of halogens is 2. The van der Waals surface area contributed by atoms with Gasteiger partial charge in [0.2, 0.25) is 0 Å². The smallest absolute Gasteiger partial charge is 0.177 e. The van der Waals surface area contributed by atoms with E-state index in [1.807, 2.05) is 6.92 Å². The Labute approximate surface area is 189 Å². The van der Waals surface area contributed by atoms with Gasteiger partial charge in [0, 0.05) is 24.5 Å². The van der Waals surface area contributed by atoms with Crippen LogP contribution in [0, 0.1) is 28.9 Å². The second-order valence-corrected chi connectivity index (χ2v) is 8.66. The molecule has 2 aliphatic heterocycles. The van der Waals surface area contributed by atoms with E-state index < -0.39 is 11.6 Å². The Morgan fingerprint density at radius 2 is 2.06 bits per heavy atom. The third-order valence-electron chi connectivity index (χ3n) is 6.77. The molecule has 3 aromatic rings. The molecule has 0 amide bonds. The fraction of sp³-hybridized carbons (Fsp3) is 0.435. The average Bonchev–Trinajstić information content (AvgIpc) is 3.35. The Hall–Kier alpha value is -3.13. The van der Waals surface area contributed by atoms with E-state index in [1.165, 1.54) is 12.1 Å².